The van der Waals surface area contributed by atoms with Gasteiger partial charge < -0.3 is 4.74 Å². The van der Waals surface area contributed by atoms with Crippen LogP contribution in [0.5, 0.6) is 0 Å². The fourth-order valence-corrected chi connectivity index (χ4v) is 6.88. The Bertz CT molecular complexity index is 564. The Hall–Kier alpha value is 0.0500. The lowest BCUT2D eigenvalue weighted by Crippen LogP contribution is -2.50. The molecule has 1 saturated carbocycles. The lowest BCUT2D eigenvalue weighted by atomic mass is 10.2. The van der Waals surface area contributed by atoms with Gasteiger partial charge in [-0.05, 0) is 53.7 Å². The van der Waals surface area contributed by atoms with Crippen molar-refractivity contribution in [1.29, 1.82) is 0 Å². The minimum atomic E-state index is -3.38. The normalized spacial score (nSPS) is 28.5. The van der Waals surface area contributed by atoms with Gasteiger partial charge in [-0.15, -0.1) is 11.3 Å². The van der Waals surface area contributed by atoms with Crippen molar-refractivity contribution in [1.82, 2.24) is 4.31 Å². The average molecular weight is 366 g/mol. The highest BCUT2D eigenvalue weighted by Gasteiger charge is 2.42. The number of hydrogen-bond acceptors (Lipinski definition) is 4. The van der Waals surface area contributed by atoms with Crippen LogP contribution in [-0.4, -0.2) is 38.0 Å². The van der Waals surface area contributed by atoms with E-state index < -0.39 is 10.0 Å². The number of thiophene rings is 1. The van der Waals surface area contributed by atoms with Gasteiger partial charge in [-0.25, -0.2) is 8.42 Å². The molecule has 1 aromatic heterocycles. The van der Waals surface area contributed by atoms with Gasteiger partial charge in [0.2, 0.25) is 0 Å². The smallest absolute Gasteiger partial charge is 0.253 e. The molecular weight excluding hydrogens is 350 g/mol. The van der Waals surface area contributed by atoms with E-state index >= 15 is 0 Å². The third-order valence-electron chi connectivity index (χ3n) is 3.83. The first-order valence-electron chi connectivity index (χ1n) is 6.39. The second-order valence-corrected chi connectivity index (χ2v) is 9.53. The van der Waals surface area contributed by atoms with Crippen LogP contribution in [0.3, 0.4) is 0 Å². The molecule has 2 fully saturated rings. The Balaban J connectivity index is 1.95. The Labute approximate surface area is 125 Å². The van der Waals surface area contributed by atoms with E-state index in [0.29, 0.717) is 17.4 Å². The first kappa shape index (κ1) is 14.0. The van der Waals surface area contributed by atoms with Crippen LogP contribution in [0.25, 0.3) is 0 Å². The van der Waals surface area contributed by atoms with E-state index in [2.05, 4.69) is 15.9 Å². The van der Waals surface area contributed by atoms with Gasteiger partial charge in [0.25, 0.3) is 10.0 Å². The van der Waals surface area contributed by atoms with E-state index in [-0.39, 0.29) is 12.1 Å². The maximum atomic E-state index is 12.8. The highest BCUT2D eigenvalue weighted by atomic mass is 79.9. The van der Waals surface area contributed by atoms with Crippen LogP contribution in [0.4, 0.5) is 0 Å². The zero-order valence-corrected chi connectivity index (χ0v) is 13.9. The summed E-state index contributed by atoms with van der Waals surface area (Å²) in [6.07, 6.45) is 3.03. The van der Waals surface area contributed by atoms with E-state index in [4.69, 9.17) is 4.74 Å². The third-order valence-corrected chi connectivity index (χ3v) is 8.34. The van der Waals surface area contributed by atoms with E-state index in [9.17, 15) is 8.42 Å². The average Bonchev–Trinajstić information content (AvgIpc) is 2.96. The number of sulfonamides is 1. The van der Waals surface area contributed by atoms with Crippen molar-refractivity contribution >= 4 is 37.3 Å². The summed E-state index contributed by atoms with van der Waals surface area (Å²) in [6, 6.07) is 1.78. The standard InChI is InChI=1S/C12H16BrNO3S2/c1-8-7-11(18-12(8)13)19(15,16)14-5-6-17-10-4-2-3-9(10)14/h7,9-10H,2-6H2,1H3. The Morgan fingerprint density at radius 1 is 1.47 bits per heavy atom. The van der Waals surface area contributed by atoms with E-state index in [0.717, 1.165) is 28.6 Å². The SMILES string of the molecule is Cc1cc(S(=O)(=O)N2CCOC3CCCC32)sc1Br. The molecule has 0 bridgehead atoms. The summed E-state index contributed by atoms with van der Waals surface area (Å²) in [5, 5.41) is 0. The van der Waals surface area contributed by atoms with Gasteiger partial charge in [0, 0.05) is 6.54 Å². The molecule has 2 heterocycles. The lowest BCUT2D eigenvalue weighted by molar-refractivity contribution is -0.0241. The molecule has 7 heteroatoms. The van der Waals surface area contributed by atoms with Gasteiger partial charge in [-0.2, -0.15) is 4.31 Å². The number of fused-ring (bicyclic) bond motifs is 1. The van der Waals surface area contributed by atoms with Gasteiger partial charge in [0.15, 0.2) is 0 Å². The van der Waals surface area contributed by atoms with E-state index in [1.165, 1.54) is 11.3 Å². The Kier molecular flexibility index (Phi) is 3.77. The number of hydrogen-bond donors (Lipinski definition) is 0. The highest BCUT2D eigenvalue weighted by molar-refractivity contribution is 9.11. The molecule has 0 radical (unpaired) electrons. The number of rotatable bonds is 2. The summed E-state index contributed by atoms with van der Waals surface area (Å²) in [6.45, 7) is 2.89. The van der Waals surface area contributed by atoms with E-state index in [1.807, 2.05) is 6.92 Å². The summed E-state index contributed by atoms with van der Waals surface area (Å²) in [4.78, 5) is 0. The zero-order chi connectivity index (χ0) is 13.6. The van der Waals surface area contributed by atoms with Crippen molar-refractivity contribution in [3.63, 3.8) is 0 Å². The number of nitrogens with zero attached hydrogens (tertiary/aromatic N) is 1. The van der Waals surface area contributed by atoms with Crippen molar-refractivity contribution in [3.8, 4) is 0 Å². The van der Waals surface area contributed by atoms with Gasteiger partial charge in [-0.3, -0.25) is 0 Å². The molecule has 1 aromatic rings. The topological polar surface area (TPSA) is 46.6 Å². The summed E-state index contributed by atoms with van der Waals surface area (Å²) < 4.78 is 34.2. The molecule has 2 aliphatic rings. The third kappa shape index (κ3) is 2.40. The maximum Gasteiger partial charge on any atom is 0.253 e. The molecule has 1 aliphatic carbocycles. The monoisotopic (exact) mass is 365 g/mol. The summed E-state index contributed by atoms with van der Waals surface area (Å²) in [7, 11) is -3.38. The molecule has 2 atom stereocenters. The van der Waals surface area contributed by atoms with Crippen molar-refractivity contribution in [3.05, 3.63) is 15.4 Å². The summed E-state index contributed by atoms with van der Waals surface area (Å²) in [5.41, 5.74) is 0.972. The zero-order valence-electron chi connectivity index (χ0n) is 10.6. The van der Waals surface area contributed by atoms with Crippen molar-refractivity contribution in [2.75, 3.05) is 13.2 Å². The summed E-state index contributed by atoms with van der Waals surface area (Å²) >= 11 is 4.70. The van der Waals surface area contributed by atoms with Crippen LogP contribution in [0.1, 0.15) is 24.8 Å². The van der Waals surface area contributed by atoms with E-state index in [1.54, 1.807) is 10.4 Å². The molecule has 1 aliphatic heterocycles. The minimum absolute atomic E-state index is 0.0277. The van der Waals surface area contributed by atoms with Gasteiger partial charge in [-0.1, -0.05) is 0 Å². The molecular formula is C12H16BrNO3S2. The molecule has 2 unspecified atom stereocenters. The predicted molar refractivity (Wildman–Crippen MR) is 78.0 cm³/mol. The Morgan fingerprint density at radius 2 is 2.26 bits per heavy atom. The number of ether oxygens (including phenoxy) is 1. The molecule has 0 spiro atoms. The highest BCUT2D eigenvalue weighted by Crippen LogP contribution is 2.37. The lowest BCUT2D eigenvalue weighted by Gasteiger charge is -2.36. The molecule has 106 valence electrons. The second-order valence-electron chi connectivity index (χ2n) is 5.05. The molecule has 4 nitrogen and oxygen atoms in total. The predicted octanol–water partition coefficient (Wildman–Crippen LogP) is 2.76. The van der Waals surface area contributed by atoms with Gasteiger partial charge in [0.1, 0.15) is 4.21 Å². The molecule has 19 heavy (non-hydrogen) atoms. The van der Waals surface area contributed by atoms with Crippen molar-refractivity contribution < 1.29 is 13.2 Å². The van der Waals surface area contributed by atoms with Gasteiger partial charge >= 0.3 is 0 Å². The maximum absolute atomic E-state index is 12.8. The van der Waals surface area contributed by atoms with Crippen LogP contribution >= 0.6 is 27.3 Å². The molecule has 0 aromatic carbocycles. The fraction of sp³-hybridized carbons (Fsp3) is 0.667. The molecule has 0 amide bonds. The second kappa shape index (κ2) is 5.11. The minimum Gasteiger partial charge on any atom is -0.375 e. The molecule has 0 N–H and O–H groups in total. The van der Waals surface area contributed by atoms with Crippen molar-refractivity contribution in [2.24, 2.45) is 0 Å². The summed E-state index contributed by atoms with van der Waals surface area (Å²) in [5.74, 6) is 0. The molecule has 3 rings (SSSR count). The largest absolute Gasteiger partial charge is 0.375 e. The fourth-order valence-electron chi connectivity index (χ4n) is 2.86. The Morgan fingerprint density at radius 3 is 2.95 bits per heavy atom. The number of morpholine rings is 1. The number of aryl methyl sites for hydroxylation is 1. The number of halogens is 1. The first-order valence-corrected chi connectivity index (χ1v) is 9.44. The van der Waals surface area contributed by atoms with Crippen LogP contribution < -0.4 is 0 Å². The van der Waals surface area contributed by atoms with Crippen LogP contribution in [0.15, 0.2) is 14.1 Å². The van der Waals surface area contributed by atoms with Crippen LogP contribution in [0, 0.1) is 6.92 Å². The first-order chi connectivity index (χ1) is 9.00. The van der Waals surface area contributed by atoms with Crippen molar-refractivity contribution in [2.45, 2.75) is 42.5 Å². The van der Waals surface area contributed by atoms with Crippen LogP contribution in [-0.2, 0) is 14.8 Å². The van der Waals surface area contributed by atoms with Crippen LogP contribution in [0.2, 0.25) is 0 Å². The van der Waals surface area contributed by atoms with Gasteiger partial charge in [0.05, 0.1) is 22.5 Å². The molecule has 1 saturated heterocycles. The quantitative estimate of drug-likeness (QED) is 0.809.